The van der Waals surface area contributed by atoms with Crippen LogP contribution in [0.3, 0.4) is 0 Å². The molecule has 37 heavy (non-hydrogen) atoms. The molecule has 6 nitrogen and oxygen atoms in total. The molecule has 0 bridgehead atoms. The topological polar surface area (TPSA) is 109 Å². The van der Waals surface area contributed by atoms with E-state index in [-0.39, 0.29) is 56.1 Å². The van der Waals surface area contributed by atoms with Crippen molar-refractivity contribution in [2.45, 2.75) is 25.8 Å². The van der Waals surface area contributed by atoms with E-state index < -0.39 is 41.1 Å². The fraction of sp³-hybridized carbons (Fsp3) is 0.192. The highest BCUT2D eigenvalue weighted by molar-refractivity contribution is 7.23. The van der Waals surface area contributed by atoms with Gasteiger partial charge in [-0.25, -0.2) is 22.5 Å². The first-order valence-corrected chi connectivity index (χ1v) is 12.0. The summed E-state index contributed by atoms with van der Waals surface area (Å²) in [6.07, 6.45) is -1.61. The lowest BCUT2D eigenvalue weighted by Gasteiger charge is -2.35. The Morgan fingerprint density at radius 1 is 1.16 bits per heavy atom. The van der Waals surface area contributed by atoms with Crippen LogP contribution < -0.4 is 11.5 Å². The molecule has 1 amide bonds. The van der Waals surface area contributed by atoms with Crippen molar-refractivity contribution in [3.8, 4) is 17.2 Å². The number of nitrogens with two attached hydrogens (primary N) is 2. The maximum atomic E-state index is 15.7. The Balaban J connectivity index is 1.71. The monoisotopic (exact) mass is 525 g/mol. The number of anilines is 2. The zero-order valence-electron chi connectivity index (χ0n) is 19.4. The van der Waals surface area contributed by atoms with Gasteiger partial charge in [-0.15, -0.1) is 11.3 Å². The Morgan fingerprint density at radius 3 is 2.59 bits per heavy atom. The van der Waals surface area contributed by atoms with E-state index in [0.717, 1.165) is 29.5 Å². The number of fused-ring (bicyclic) bond motifs is 2. The van der Waals surface area contributed by atoms with E-state index in [2.05, 4.69) is 4.98 Å². The number of rotatable bonds is 4. The van der Waals surface area contributed by atoms with Crippen LogP contribution in [0.4, 0.5) is 28.4 Å². The van der Waals surface area contributed by atoms with E-state index >= 15 is 4.39 Å². The van der Waals surface area contributed by atoms with Gasteiger partial charge < -0.3 is 16.4 Å². The number of halogens is 4. The van der Waals surface area contributed by atoms with Crippen molar-refractivity contribution in [1.82, 2.24) is 9.88 Å². The molecule has 0 radical (unpaired) electrons. The third kappa shape index (κ3) is 3.76. The summed E-state index contributed by atoms with van der Waals surface area (Å²) in [5.74, 6) is -2.18. The summed E-state index contributed by atoms with van der Waals surface area (Å²) in [5, 5.41) is 9.55. The zero-order chi connectivity index (χ0) is 26.6. The predicted molar refractivity (Wildman–Crippen MR) is 133 cm³/mol. The van der Waals surface area contributed by atoms with E-state index in [9.17, 15) is 23.2 Å². The third-order valence-electron chi connectivity index (χ3n) is 6.73. The molecule has 0 fully saturated rings. The number of carbonyl (C=O) groups is 1. The molecule has 1 unspecified atom stereocenters. The molecule has 0 spiro atoms. The number of aromatic nitrogens is 1. The highest BCUT2D eigenvalue weighted by Crippen LogP contribution is 2.46. The summed E-state index contributed by atoms with van der Waals surface area (Å²) >= 11 is 0.785. The molecule has 2 aromatic heterocycles. The maximum Gasteiger partial charge on any atom is 0.264 e. The molecule has 4 N–H and O–H groups in total. The summed E-state index contributed by atoms with van der Waals surface area (Å²) in [5.41, 5.74) is 10.9. The minimum absolute atomic E-state index is 0.00435. The molecule has 1 aliphatic heterocycles. The number of benzene rings is 2. The van der Waals surface area contributed by atoms with Crippen LogP contribution in [0.2, 0.25) is 0 Å². The van der Waals surface area contributed by atoms with Crippen LogP contribution in [0.5, 0.6) is 0 Å². The molecule has 4 aromatic rings. The lowest BCUT2D eigenvalue weighted by molar-refractivity contribution is 0.0669. The van der Waals surface area contributed by atoms with Crippen molar-refractivity contribution in [1.29, 1.82) is 5.26 Å². The molecule has 0 aliphatic carbocycles. The number of nitrogen functional groups attached to an aromatic ring is 2. The molecule has 2 aromatic carbocycles. The molecule has 0 saturated carbocycles. The summed E-state index contributed by atoms with van der Waals surface area (Å²) < 4.78 is 59.3. The average Bonchev–Trinajstić information content (AvgIpc) is 3.21. The van der Waals surface area contributed by atoms with E-state index in [0.29, 0.717) is 5.56 Å². The molecule has 3 heterocycles. The molecule has 1 aliphatic rings. The van der Waals surface area contributed by atoms with Gasteiger partial charge in [0.25, 0.3) is 12.3 Å². The quantitative estimate of drug-likeness (QED) is 0.319. The third-order valence-corrected chi connectivity index (χ3v) is 7.76. The summed E-state index contributed by atoms with van der Waals surface area (Å²) in [6.45, 7) is 1.81. The Bertz CT molecular complexity index is 1630. The maximum absolute atomic E-state index is 15.7. The first-order valence-electron chi connectivity index (χ1n) is 11.2. The number of nitriles is 1. The van der Waals surface area contributed by atoms with Crippen LogP contribution in [-0.4, -0.2) is 22.3 Å². The van der Waals surface area contributed by atoms with Gasteiger partial charge in [0.05, 0.1) is 16.3 Å². The van der Waals surface area contributed by atoms with Crippen LogP contribution >= 0.6 is 11.3 Å². The van der Waals surface area contributed by atoms with Gasteiger partial charge in [0.2, 0.25) is 0 Å². The van der Waals surface area contributed by atoms with E-state index in [1.54, 1.807) is 19.1 Å². The number of hydrogen-bond donors (Lipinski definition) is 2. The highest BCUT2D eigenvalue weighted by atomic mass is 32.1. The summed E-state index contributed by atoms with van der Waals surface area (Å²) in [6, 6.07) is 7.83. The van der Waals surface area contributed by atoms with Crippen LogP contribution in [0, 0.1) is 23.0 Å². The van der Waals surface area contributed by atoms with Crippen molar-refractivity contribution in [2.75, 3.05) is 18.0 Å². The fourth-order valence-corrected chi connectivity index (χ4v) is 5.95. The molecule has 11 heteroatoms. The second kappa shape index (κ2) is 9.05. The molecule has 1 atom stereocenters. The lowest BCUT2D eigenvalue weighted by atomic mass is 9.85. The second-order valence-electron chi connectivity index (χ2n) is 8.63. The smallest absolute Gasteiger partial charge is 0.264 e. The average molecular weight is 526 g/mol. The van der Waals surface area contributed by atoms with Crippen LogP contribution in [-0.2, 0) is 6.42 Å². The van der Waals surface area contributed by atoms with Crippen LogP contribution in [0.1, 0.15) is 52.0 Å². The van der Waals surface area contributed by atoms with Gasteiger partial charge in [-0.2, -0.15) is 5.26 Å². The lowest BCUT2D eigenvalue weighted by Crippen LogP contribution is -2.40. The van der Waals surface area contributed by atoms with Gasteiger partial charge in [0.15, 0.2) is 0 Å². The van der Waals surface area contributed by atoms with Gasteiger partial charge in [0.1, 0.15) is 28.5 Å². The SMILES string of the molecule is CC(c1cccnc1N)N1CCc2c(cc(F)c(-c3ccc(F)c4sc(N)c(C#N)c34)c2C(F)F)C1=O. The zero-order valence-corrected chi connectivity index (χ0v) is 20.2. The minimum atomic E-state index is -3.15. The largest absolute Gasteiger partial charge is 0.389 e. The number of thiophene rings is 1. The van der Waals surface area contributed by atoms with Gasteiger partial charge in [-0.05, 0) is 42.7 Å². The Morgan fingerprint density at radius 2 is 1.92 bits per heavy atom. The highest BCUT2D eigenvalue weighted by Gasteiger charge is 2.36. The number of amides is 1. The number of hydrogen-bond acceptors (Lipinski definition) is 6. The van der Waals surface area contributed by atoms with Gasteiger partial charge >= 0.3 is 0 Å². The number of carbonyl (C=O) groups excluding carboxylic acids is 1. The van der Waals surface area contributed by atoms with Crippen LogP contribution in [0.15, 0.2) is 36.5 Å². The standard InChI is InChI=1S/C26H19F4N5OS/c1-11(12-3-2-7-34-24(12)32)35-8-6-13-15(26(35)36)9-18(28)20(21(13)23(29)30)14-4-5-17(27)22-19(14)16(10-31)25(33)37-22/h2-5,7,9,11,23H,6,8,33H2,1H3,(H2,32,34). The fourth-order valence-electron chi connectivity index (χ4n) is 5.00. The van der Waals surface area contributed by atoms with Gasteiger partial charge in [-0.3, -0.25) is 4.79 Å². The number of pyridine rings is 1. The van der Waals surface area contributed by atoms with Crippen molar-refractivity contribution in [2.24, 2.45) is 0 Å². The summed E-state index contributed by atoms with van der Waals surface area (Å²) in [7, 11) is 0. The summed E-state index contributed by atoms with van der Waals surface area (Å²) in [4.78, 5) is 18.9. The predicted octanol–water partition coefficient (Wildman–Crippen LogP) is 5.97. The van der Waals surface area contributed by atoms with Crippen molar-refractivity contribution in [3.63, 3.8) is 0 Å². The van der Waals surface area contributed by atoms with E-state index in [4.69, 9.17) is 11.5 Å². The van der Waals surface area contributed by atoms with E-state index in [1.807, 2.05) is 6.07 Å². The van der Waals surface area contributed by atoms with Gasteiger partial charge in [0, 0.05) is 40.4 Å². The molecular weight excluding hydrogens is 506 g/mol. The normalized spacial score (nSPS) is 14.2. The van der Waals surface area contributed by atoms with Crippen molar-refractivity contribution < 1.29 is 22.4 Å². The van der Waals surface area contributed by atoms with Crippen molar-refractivity contribution in [3.05, 3.63) is 76.0 Å². The van der Waals surface area contributed by atoms with E-state index in [1.165, 1.54) is 11.1 Å². The molecule has 0 saturated heterocycles. The Labute approximate surface area is 212 Å². The number of alkyl halides is 2. The first kappa shape index (κ1) is 24.5. The molecular formula is C26H19F4N5OS. The Hall–Kier alpha value is -4.17. The van der Waals surface area contributed by atoms with Gasteiger partial charge in [-0.1, -0.05) is 12.1 Å². The molecule has 5 rings (SSSR count). The van der Waals surface area contributed by atoms with Crippen molar-refractivity contribution >= 4 is 38.1 Å². The minimum Gasteiger partial charge on any atom is -0.389 e. The number of nitrogens with zero attached hydrogens (tertiary/aromatic N) is 3. The molecule has 188 valence electrons. The second-order valence-corrected chi connectivity index (χ2v) is 9.68. The Kier molecular flexibility index (Phi) is 6.00. The first-order chi connectivity index (χ1) is 17.6. The van der Waals surface area contributed by atoms with Crippen LogP contribution in [0.25, 0.3) is 21.2 Å².